The van der Waals surface area contributed by atoms with Crippen LogP contribution in [-0.4, -0.2) is 9.78 Å². The summed E-state index contributed by atoms with van der Waals surface area (Å²) in [4.78, 5) is 0. The van der Waals surface area contributed by atoms with Crippen molar-refractivity contribution in [2.24, 2.45) is 0 Å². The minimum atomic E-state index is -2.53. The molecule has 0 saturated heterocycles. The van der Waals surface area contributed by atoms with Crippen LogP contribution in [0.4, 0.5) is 8.78 Å². The van der Waals surface area contributed by atoms with Crippen molar-refractivity contribution in [2.75, 3.05) is 0 Å². The van der Waals surface area contributed by atoms with Crippen molar-refractivity contribution >= 4 is 31.9 Å². The summed E-state index contributed by atoms with van der Waals surface area (Å²) in [5.74, 6) is 0. The van der Waals surface area contributed by atoms with Crippen molar-refractivity contribution in [2.45, 2.75) is 18.3 Å². The lowest BCUT2D eigenvalue weighted by molar-refractivity contribution is 0.139. The SMILES string of the molecule is FC(F)c1c(CBr)cnn1Cc1ccccc1Br. The van der Waals surface area contributed by atoms with E-state index in [0.29, 0.717) is 17.4 Å². The first-order valence-corrected chi connectivity index (χ1v) is 7.17. The molecule has 6 heteroatoms. The molecule has 2 rings (SSSR count). The highest BCUT2D eigenvalue weighted by Crippen LogP contribution is 2.26. The summed E-state index contributed by atoms with van der Waals surface area (Å²) in [6.45, 7) is 0.327. The van der Waals surface area contributed by atoms with Gasteiger partial charge in [-0.25, -0.2) is 8.78 Å². The van der Waals surface area contributed by atoms with Gasteiger partial charge >= 0.3 is 0 Å². The minimum absolute atomic E-state index is 0.0253. The smallest absolute Gasteiger partial charge is 0.259 e. The Morgan fingerprint density at radius 1 is 1.22 bits per heavy atom. The summed E-state index contributed by atoms with van der Waals surface area (Å²) in [6.07, 6.45) is -1.05. The lowest BCUT2D eigenvalue weighted by Gasteiger charge is -2.09. The molecule has 0 aliphatic heterocycles. The molecule has 0 fully saturated rings. The molecule has 96 valence electrons. The van der Waals surface area contributed by atoms with Gasteiger partial charge < -0.3 is 0 Å². The third-order valence-electron chi connectivity index (χ3n) is 2.59. The van der Waals surface area contributed by atoms with Gasteiger partial charge in [-0.05, 0) is 11.6 Å². The second-order valence-corrected chi connectivity index (χ2v) is 5.15. The number of hydrogen-bond donors (Lipinski definition) is 0. The molecule has 2 nitrogen and oxygen atoms in total. The summed E-state index contributed by atoms with van der Waals surface area (Å²) in [6, 6.07) is 7.52. The van der Waals surface area contributed by atoms with Crippen LogP contribution in [0, 0.1) is 0 Å². The fraction of sp³-hybridized carbons (Fsp3) is 0.250. The van der Waals surface area contributed by atoms with E-state index in [0.717, 1.165) is 10.0 Å². The zero-order chi connectivity index (χ0) is 13.1. The summed E-state index contributed by atoms with van der Waals surface area (Å²) in [7, 11) is 0. The first kappa shape index (κ1) is 13.7. The van der Waals surface area contributed by atoms with Gasteiger partial charge in [0.2, 0.25) is 0 Å². The third kappa shape index (κ3) is 2.80. The van der Waals surface area contributed by atoms with Gasteiger partial charge in [0, 0.05) is 15.4 Å². The molecule has 0 spiro atoms. The van der Waals surface area contributed by atoms with Crippen LogP contribution in [0.5, 0.6) is 0 Å². The third-order valence-corrected chi connectivity index (χ3v) is 3.97. The Kier molecular flexibility index (Phi) is 4.50. The normalized spacial score (nSPS) is 11.2. The topological polar surface area (TPSA) is 17.8 Å². The average molecular weight is 380 g/mol. The van der Waals surface area contributed by atoms with Gasteiger partial charge in [-0.15, -0.1) is 0 Å². The standard InChI is InChI=1S/C12H10Br2F2N2/c13-5-9-6-17-18(11(9)12(15)16)7-8-3-1-2-4-10(8)14/h1-4,6,12H,5,7H2. The number of nitrogens with zero attached hydrogens (tertiary/aromatic N) is 2. The molecule has 1 heterocycles. The molecule has 0 saturated carbocycles. The Bertz CT molecular complexity index is 541. The largest absolute Gasteiger partial charge is 0.280 e. The van der Waals surface area contributed by atoms with Crippen molar-refractivity contribution in [3.8, 4) is 0 Å². The van der Waals surface area contributed by atoms with Crippen molar-refractivity contribution in [1.82, 2.24) is 9.78 Å². The summed E-state index contributed by atoms with van der Waals surface area (Å²) < 4.78 is 28.3. The fourth-order valence-corrected chi connectivity index (χ4v) is 2.55. The molecule has 1 aromatic heterocycles. The first-order valence-electron chi connectivity index (χ1n) is 5.25. The molecule has 2 aromatic rings. The summed E-state index contributed by atoms with van der Waals surface area (Å²) >= 11 is 6.60. The lowest BCUT2D eigenvalue weighted by Crippen LogP contribution is -2.08. The average Bonchev–Trinajstić information content (AvgIpc) is 2.75. The molecule has 0 N–H and O–H groups in total. The van der Waals surface area contributed by atoms with Gasteiger partial charge in [-0.2, -0.15) is 5.10 Å². The number of halogens is 4. The van der Waals surface area contributed by atoms with Gasteiger partial charge in [-0.3, -0.25) is 4.68 Å². The van der Waals surface area contributed by atoms with Crippen LogP contribution in [0.2, 0.25) is 0 Å². The Balaban J connectivity index is 2.35. The Hall–Kier alpha value is -0.750. The number of aromatic nitrogens is 2. The number of benzene rings is 1. The molecule has 0 bridgehead atoms. The highest BCUT2D eigenvalue weighted by Gasteiger charge is 2.19. The molecule has 0 atom stereocenters. The fourth-order valence-electron chi connectivity index (χ4n) is 1.70. The molecular weight excluding hydrogens is 370 g/mol. The van der Waals surface area contributed by atoms with Gasteiger partial charge in [0.15, 0.2) is 0 Å². The quantitative estimate of drug-likeness (QED) is 0.714. The summed E-state index contributed by atoms with van der Waals surface area (Å²) in [5.41, 5.74) is 1.42. The minimum Gasteiger partial charge on any atom is -0.259 e. The highest BCUT2D eigenvalue weighted by molar-refractivity contribution is 9.10. The second-order valence-electron chi connectivity index (χ2n) is 3.74. The van der Waals surface area contributed by atoms with E-state index >= 15 is 0 Å². The van der Waals surface area contributed by atoms with Crippen LogP contribution >= 0.6 is 31.9 Å². The monoisotopic (exact) mass is 378 g/mol. The maximum atomic E-state index is 13.0. The number of rotatable bonds is 4. The Morgan fingerprint density at radius 3 is 2.56 bits per heavy atom. The zero-order valence-corrected chi connectivity index (χ0v) is 12.5. The van der Waals surface area contributed by atoms with Gasteiger partial charge in [0.05, 0.1) is 12.7 Å². The predicted octanol–water partition coefficient (Wildman–Crippen LogP) is 4.53. The van der Waals surface area contributed by atoms with Gasteiger partial charge in [0.1, 0.15) is 5.69 Å². The van der Waals surface area contributed by atoms with E-state index in [2.05, 4.69) is 37.0 Å². The predicted molar refractivity (Wildman–Crippen MR) is 73.1 cm³/mol. The van der Waals surface area contributed by atoms with Crippen LogP contribution < -0.4 is 0 Å². The van der Waals surface area contributed by atoms with E-state index in [1.54, 1.807) is 0 Å². The van der Waals surface area contributed by atoms with Crippen molar-refractivity contribution in [3.63, 3.8) is 0 Å². The molecular formula is C12H10Br2F2N2. The molecule has 0 unspecified atom stereocenters. The van der Waals surface area contributed by atoms with Crippen LogP contribution in [0.25, 0.3) is 0 Å². The van der Waals surface area contributed by atoms with Crippen LogP contribution in [0.3, 0.4) is 0 Å². The summed E-state index contributed by atoms with van der Waals surface area (Å²) in [5, 5.41) is 4.41. The molecule has 1 aromatic carbocycles. The maximum Gasteiger partial charge on any atom is 0.280 e. The molecule has 18 heavy (non-hydrogen) atoms. The van der Waals surface area contributed by atoms with Crippen LogP contribution in [-0.2, 0) is 11.9 Å². The van der Waals surface area contributed by atoms with E-state index in [4.69, 9.17) is 0 Å². The van der Waals surface area contributed by atoms with E-state index in [1.165, 1.54) is 10.9 Å². The number of alkyl halides is 3. The number of hydrogen-bond acceptors (Lipinski definition) is 1. The Morgan fingerprint density at radius 2 is 1.94 bits per heavy atom. The van der Waals surface area contributed by atoms with E-state index in [9.17, 15) is 8.78 Å². The van der Waals surface area contributed by atoms with E-state index < -0.39 is 6.43 Å². The molecule has 0 amide bonds. The van der Waals surface area contributed by atoms with Crippen LogP contribution in [0.1, 0.15) is 23.2 Å². The maximum absolute atomic E-state index is 13.0. The molecule has 0 aliphatic carbocycles. The van der Waals surface area contributed by atoms with Gasteiger partial charge in [0.25, 0.3) is 6.43 Å². The lowest BCUT2D eigenvalue weighted by atomic mass is 10.2. The van der Waals surface area contributed by atoms with Crippen LogP contribution in [0.15, 0.2) is 34.9 Å². The first-order chi connectivity index (χ1) is 8.63. The van der Waals surface area contributed by atoms with Crippen molar-refractivity contribution < 1.29 is 8.78 Å². The van der Waals surface area contributed by atoms with Crippen molar-refractivity contribution in [3.05, 3.63) is 51.8 Å². The van der Waals surface area contributed by atoms with E-state index in [-0.39, 0.29) is 5.69 Å². The second kappa shape index (κ2) is 5.93. The Labute approximate surface area is 120 Å². The molecule has 0 radical (unpaired) electrons. The highest BCUT2D eigenvalue weighted by atomic mass is 79.9. The van der Waals surface area contributed by atoms with Gasteiger partial charge in [-0.1, -0.05) is 50.1 Å². The zero-order valence-electron chi connectivity index (χ0n) is 9.28. The van der Waals surface area contributed by atoms with E-state index in [1.807, 2.05) is 24.3 Å². The van der Waals surface area contributed by atoms with Crippen molar-refractivity contribution in [1.29, 1.82) is 0 Å². The molecule has 0 aliphatic rings.